The first kappa shape index (κ1) is 11.3. The number of hydrogen-bond donors (Lipinski definition) is 1. The van der Waals surface area contributed by atoms with Gasteiger partial charge >= 0.3 is 0 Å². The molecule has 84 valence electrons. The second-order valence-corrected chi connectivity index (χ2v) is 4.65. The maximum atomic E-state index is 6.26. The first-order chi connectivity index (χ1) is 7.68. The van der Waals surface area contributed by atoms with Gasteiger partial charge in [-0.3, -0.25) is 0 Å². The molecule has 0 radical (unpaired) electrons. The van der Waals surface area contributed by atoms with Gasteiger partial charge in [-0.1, -0.05) is 54.4 Å². The summed E-state index contributed by atoms with van der Waals surface area (Å²) in [4.78, 5) is 0. The molecule has 0 bridgehead atoms. The van der Waals surface area contributed by atoms with E-state index in [-0.39, 0.29) is 0 Å². The van der Waals surface area contributed by atoms with Crippen molar-refractivity contribution in [1.82, 2.24) is 5.32 Å². The number of benzene rings is 1. The summed E-state index contributed by atoms with van der Waals surface area (Å²) in [5, 5.41) is 4.23. The fraction of sp³-hybridized carbons (Fsp3) is 0.286. The molecule has 1 aromatic carbocycles. The standard InChI is InChI=1S/C14H16ClN/c1-10-8-13(15)14(16-9-10)11(2)12-6-4-3-5-7-12/h3-8,11,16H,9H2,1-2H3. The van der Waals surface area contributed by atoms with E-state index < -0.39 is 0 Å². The van der Waals surface area contributed by atoms with Crippen LogP contribution >= 0.6 is 11.6 Å². The Kier molecular flexibility index (Phi) is 3.35. The number of halogens is 1. The van der Waals surface area contributed by atoms with Gasteiger partial charge in [0.1, 0.15) is 0 Å². The van der Waals surface area contributed by atoms with Crippen molar-refractivity contribution in [3.63, 3.8) is 0 Å². The smallest absolute Gasteiger partial charge is 0.0601 e. The van der Waals surface area contributed by atoms with E-state index in [4.69, 9.17) is 11.6 Å². The predicted molar refractivity (Wildman–Crippen MR) is 69.5 cm³/mol. The molecule has 0 aliphatic carbocycles. The maximum absolute atomic E-state index is 6.26. The van der Waals surface area contributed by atoms with Crippen molar-refractivity contribution in [3.8, 4) is 0 Å². The highest BCUT2D eigenvalue weighted by Gasteiger charge is 2.16. The summed E-state index contributed by atoms with van der Waals surface area (Å²) in [5.41, 5.74) is 3.68. The molecule has 0 spiro atoms. The second kappa shape index (κ2) is 4.75. The van der Waals surface area contributed by atoms with Crippen LogP contribution in [-0.4, -0.2) is 6.54 Å². The molecule has 1 N–H and O–H groups in total. The molecule has 1 heterocycles. The largest absolute Gasteiger partial charge is 0.383 e. The van der Waals surface area contributed by atoms with E-state index in [2.05, 4.69) is 43.4 Å². The molecule has 0 saturated heterocycles. The summed E-state index contributed by atoms with van der Waals surface area (Å²) in [6.07, 6.45) is 2.05. The van der Waals surface area contributed by atoms with Gasteiger partial charge in [0.2, 0.25) is 0 Å². The van der Waals surface area contributed by atoms with E-state index in [1.54, 1.807) is 0 Å². The zero-order chi connectivity index (χ0) is 11.5. The van der Waals surface area contributed by atoms with Crippen LogP contribution in [0.15, 0.2) is 52.7 Å². The lowest BCUT2D eigenvalue weighted by atomic mass is 9.95. The van der Waals surface area contributed by atoms with Gasteiger partial charge in [-0.15, -0.1) is 0 Å². The molecular weight excluding hydrogens is 218 g/mol. The third kappa shape index (κ3) is 2.30. The minimum atomic E-state index is 0.318. The fourth-order valence-corrected chi connectivity index (χ4v) is 2.35. The van der Waals surface area contributed by atoms with Crippen LogP contribution < -0.4 is 5.32 Å². The average Bonchev–Trinajstić information content (AvgIpc) is 2.29. The number of allylic oxidation sites excluding steroid dienone is 3. The number of nitrogens with one attached hydrogen (secondary N) is 1. The summed E-state index contributed by atoms with van der Waals surface area (Å²) in [6.45, 7) is 5.15. The molecule has 1 atom stereocenters. The SMILES string of the molecule is CC1=CC(Cl)=C(C(C)c2ccccc2)NC1. The van der Waals surface area contributed by atoms with Crippen molar-refractivity contribution < 1.29 is 0 Å². The highest BCUT2D eigenvalue weighted by Crippen LogP contribution is 2.28. The molecule has 0 fully saturated rings. The Morgan fingerprint density at radius 2 is 1.94 bits per heavy atom. The molecule has 1 aliphatic rings. The van der Waals surface area contributed by atoms with Gasteiger partial charge in [0.25, 0.3) is 0 Å². The van der Waals surface area contributed by atoms with Gasteiger partial charge in [-0.25, -0.2) is 0 Å². The van der Waals surface area contributed by atoms with Gasteiger partial charge in [0, 0.05) is 18.2 Å². The Morgan fingerprint density at radius 1 is 1.25 bits per heavy atom. The maximum Gasteiger partial charge on any atom is 0.0601 e. The molecule has 2 heteroatoms. The van der Waals surface area contributed by atoms with E-state index >= 15 is 0 Å². The van der Waals surface area contributed by atoms with Crippen molar-refractivity contribution in [2.75, 3.05) is 6.54 Å². The van der Waals surface area contributed by atoms with Gasteiger partial charge in [0.15, 0.2) is 0 Å². The van der Waals surface area contributed by atoms with Gasteiger partial charge < -0.3 is 5.32 Å². The van der Waals surface area contributed by atoms with Gasteiger partial charge in [0.05, 0.1) is 5.03 Å². The highest BCUT2D eigenvalue weighted by atomic mass is 35.5. The van der Waals surface area contributed by atoms with Crippen molar-refractivity contribution in [2.24, 2.45) is 0 Å². The first-order valence-corrected chi connectivity index (χ1v) is 5.92. The Morgan fingerprint density at radius 3 is 2.56 bits per heavy atom. The van der Waals surface area contributed by atoms with Gasteiger partial charge in [-0.2, -0.15) is 0 Å². The number of dihydropyridines is 1. The van der Waals surface area contributed by atoms with E-state index in [0.29, 0.717) is 5.92 Å². The summed E-state index contributed by atoms with van der Waals surface area (Å²) in [5.74, 6) is 0.318. The lowest BCUT2D eigenvalue weighted by molar-refractivity contribution is 0.734. The lowest BCUT2D eigenvalue weighted by Gasteiger charge is -2.23. The summed E-state index contributed by atoms with van der Waals surface area (Å²) in [6, 6.07) is 10.4. The summed E-state index contributed by atoms with van der Waals surface area (Å²) >= 11 is 6.26. The van der Waals surface area contributed by atoms with E-state index in [0.717, 1.165) is 17.3 Å². The van der Waals surface area contributed by atoms with Crippen molar-refractivity contribution in [3.05, 3.63) is 58.3 Å². The molecule has 2 rings (SSSR count). The molecule has 0 amide bonds. The quantitative estimate of drug-likeness (QED) is 0.820. The summed E-state index contributed by atoms with van der Waals surface area (Å²) in [7, 11) is 0. The molecular formula is C14H16ClN. The lowest BCUT2D eigenvalue weighted by Crippen LogP contribution is -2.23. The van der Waals surface area contributed by atoms with Crippen molar-refractivity contribution in [1.29, 1.82) is 0 Å². The first-order valence-electron chi connectivity index (χ1n) is 5.54. The van der Waals surface area contributed by atoms with E-state index in [9.17, 15) is 0 Å². The Bertz CT molecular complexity index is 431. The highest BCUT2D eigenvalue weighted by molar-refractivity contribution is 6.31. The fourth-order valence-electron chi connectivity index (χ4n) is 1.93. The minimum absolute atomic E-state index is 0.318. The normalized spacial score (nSPS) is 17.8. The molecule has 16 heavy (non-hydrogen) atoms. The zero-order valence-electron chi connectivity index (χ0n) is 9.63. The van der Waals surface area contributed by atoms with Crippen molar-refractivity contribution >= 4 is 11.6 Å². The van der Waals surface area contributed by atoms with E-state index in [1.165, 1.54) is 11.1 Å². The molecule has 1 nitrogen and oxygen atoms in total. The second-order valence-electron chi connectivity index (χ2n) is 4.24. The van der Waals surface area contributed by atoms with Crippen LogP contribution in [0.4, 0.5) is 0 Å². The average molecular weight is 234 g/mol. The monoisotopic (exact) mass is 233 g/mol. The zero-order valence-corrected chi connectivity index (χ0v) is 10.4. The third-order valence-electron chi connectivity index (χ3n) is 2.92. The number of rotatable bonds is 2. The van der Waals surface area contributed by atoms with Crippen LogP contribution in [0.25, 0.3) is 0 Å². The molecule has 0 aromatic heterocycles. The van der Waals surface area contributed by atoms with Crippen molar-refractivity contribution in [2.45, 2.75) is 19.8 Å². The van der Waals surface area contributed by atoms with Gasteiger partial charge in [-0.05, 0) is 18.6 Å². The number of hydrogen-bond acceptors (Lipinski definition) is 1. The van der Waals surface area contributed by atoms with Crippen LogP contribution in [0.2, 0.25) is 0 Å². The molecule has 1 unspecified atom stereocenters. The van der Waals surface area contributed by atoms with Crippen LogP contribution in [0, 0.1) is 0 Å². The molecule has 0 saturated carbocycles. The van der Waals surface area contributed by atoms with Crippen LogP contribution in [0.1, 0.15) is 25.3 Å². The van der Waals surface area contributed by atoms with Crippen LogP contribution in [0.5, 0.6) is 0 Å². The Hall–Kier alpha value is -1.21. The Balaban J connectivity index is 2.29. The minimum Gasteiger partial charge on any atom is -0.383 e. The summed E-state index contributed by atoms with van der Waals surface area (Å²) < 4.78 is 0. The molecule has 1 aromatic rings. The van der Waals surface area contributed by atoms with E-state index in [1.807, 2.05) is 12.1 Å². The predicted octanol–water partition coefficient (Wildman–Crippen LogP) is 3.79. The van der Waals surface area contributed by atoms with Crippen LogP contribution in [-0.2, 0) is 0 Å². The topological polar surface area (TPSA) is 12.0 Å². The van der Waals surface area contributed by atoms with Crippen LogP contribution in [0.3, 0.4) is 0 Å². The molecule has 1 aliphatic heterocycles. The third-order valence-corrected chi connectivity index (χ3v) is 3.23. The Labute approximate surface area is 102 Å².